The van der Waals surface area contributed by atoms with Crippen molar-refractivity contribution in [3.8, 4) is 0 Å². The molecule has 29 heavy (non-hydrogen) atoms. The van der Waals surface area contributed by atoms with E-state index in [-0.39, 0.29) is 11.3 Å². The SMILES string of the molecule is CCCC(NC(CCC)[Si](OCC)(OCC)OCC)[Si](OCC)(OCC)OCC. The van der Waals surface area contributed by atoms with Gasteiger partial charge in [0.2, 0.25) is 0 Å². The van der Waals surface area contributed by atoms with Gasteiger partial charge in [-0.1, -0.05) is 26.7 Å². The molecular formula is C20H47NO6Si2. The molecular weight excluding hydrogens is 406 g/mol. The van der Waals surface area contributed by atoms with Gasteiger partial charge < -0.3 is 31.9 Å². The van der Waals surface area contributed by atoms with Crippen molar-refractivity contribution in [1.82, 2.24) is 5.32 Å². The van der Waals surface area contributed by atoms with E-state index >= 15 is 0 Å². The fraction of sp³-hybridized carbons (Fsp3) is 1.00. The zero-order valence-corrected chi connectivity index (χ0v) is 22.2. The molecule has 0 fully saturated rings. The van der Waals surface area contributed by atoms with Gasteiger partial charge in [-0.15, -0.1) is 0 Å². The van der Waals surface area contributed by atoms with Gasteiger partial charge in [-0.05, 0) is 54.4 Å². The summed E-state index contributed by atoms with van der Waals surface area (Å²) in [4.78, 5) is 0. The van der Waals surface area contributed by atoms with E-state index in [1.165, 1.54) is 0 Å². The van der Waals surface area contributed by atoms with Crippen molar-refractivity contribution in [1.29, 1.82) is 0 Å². The van der Waals surface area contributed by atoms with Crippen LogP contribution >= 0.6 is 0 Å². The van der Waals surface area contributed by atoms with E-state index in [9.17, 15) is 0 Å². The number of hydrogen-bond acceptors (Lipinski definition) is 7. The van der Waals surface area contributed by atoms with Gasteiger partial charge in [0.1, 0.15) is 0 Å². The molecule has 0 rings (SSSR count). The molecule has 0 radical (unpaired) electrons. The van der Waals surface area contributed by atoms with Crippen LogP contribution < -0.4 is 5.32 Å². The normalized spacial score (nSPS) is 14.9. The Morgan fingerprint density at radius 1 is 0.483 bits per heavy atom. The minimum atomic E-state index is -2.94. The van der Waals surface area contributed by atoms with Gasteiger partial charge in [0.05, 0.1) is 11.3 Å². The molecule has 0 spiro atoms. The summed E-state index contributed by atoms with van der Waals surface area (Å²) in [5, 5.41) is 3.82. The summed E-state index contributed by atoms with van der Waals surface area (Å²) in [6.45, 7) is 19.6. The fourth-order valence-corrected chi connectivity index (χ4v) is 9.99. The van der Waals surface area contributed by atoms with E-state index in [0.717, 1.165) is 25.7 Å². The zero-order valence-electron chi connectivity index (χ0n) is 20.2. The molecule has 0 aliphatic rings. The van der Waals surface area contributed by atoms with E-state index in [2.05, 4.69) is 19.2 Å². The second-order valence-corrected chi connectivity index (χ2v) is 12.2. The molecule has 2 atom stereocenters. The van der Waals surface area contributed by atoms with Gasteiger partial charge in [0.25, 0.3) is 0 Å². The summed E-state index contributed by atoms with van der Waals surface area (Å²) >= 11 is 0. The van der Waals surface area contributed by atoms with Gasteiger partial charge in [-0.25, -0.2) is 0 Å². The molecule has 2 unspecified atom stereocenters. The third kappa shape index (κ3) is 9.04. The average Bonchev–Trinajstić information content (AvgIpc) is 2.68. The van der Waals surface area contributed by atoms with Gasteiger partial charge in [0.15, 0.2) is 0 Å². The lowest BCUT2D eigenvalue weighted by molar-refractivity contribution is 0.0427. The summed E-state index contributed by atoms with van der Waals surface area (Å²) < 4.78 is 37.3. The lowest BCUT2D eigenvalue weighted by atomic mass is 10.3. The molecule has 0 aromatic rings. The van der Waals surface area contributed by atoms with Crippen LogP contribution in [0.2, 0.25) is 0 Å². The van der Waals surface area contributed by atoms with Crippen LogP contribution in [-0.2, 0) is 26.6 Å². The molecule has 176 valence electrons. The molecule has 0 aromatic heterocycles. The minimum Gasteiger partial charge on any atom is -0.373 e. The summed E-state index contributed by atoms with van der Waals surface area (Å²) in [5.74, 6) is 0. The zero-order chi connectivity index (χ0) is 22.2. The molecule has 9 heteroatoms. The number of rotatable bonds is 20. The number of hydrogen-bond donors (Lipinski definition) is 1. The summed E-state index contributed by atoms with van der Waals surface area (Å²) in [6.07, 6.45) is 3.76. The Morgan fingerprint density at radius 2 is 0.724 bits per heavy atom. The van der Waals surface area contributed by atoms with Crippen molar-refractivity contribution in [2.75, 3.05) is 39.6 Å². The second kappa shape index (κ2) is 16.8. The first kappa shape index (κ1) is 29.2. The van der Waals surface area contributed by atoms with Crippen LogP contribution in [0, 0.1) is 0 Å². The highest BCUT2D eigenvalue weighted by atomic mass is 28.4. The van der Waals surface area contributed by atoms with Gasteiger partial charge in [-0.2, -0.15) is 0 Å². The first-order chi connectivity index (χ1) is 14.0. The van der Waals surface area contributed by atoms with Crippen LogP contribution in [0.1, 0.15) is 81.1 Å². The van der Waals surface area contributed by atoms with Crippen molar-refractivity contribution >= 4 is 17.6 Å². The highest BCUT2D eigenvalue weighted by molar-refractivity contribution is 6.64. The van der Waals surface area contributed by atoms with Crippen LogP contribution in [0.25, 0.3) is 0 Å². The minimum absolute atomic E-state index is 0.0443. The van der Waals surface area contributed by atoms with Crippen LogP contribution in [0.5, 0.6) is 0 Å². The van der Waals surface area contributed by atoms with Crippen molar-refractivity contribution in [3.63, 3.8) is 0 Å². The van der Waals surface area contributed by atoms with Gasteiger partial charge in [0, 0.05) is 39.6 Å². The topological polar surface area (TPSA) is 67.4 Å². The van der Waals surface area contributed by atoms with Crippen LogP contribution in [0.4, 0.5) is 0 Å². The van der Waals surface area contributed by atoms with Crippen molar-refractivity contribution in [3.05, 3.63) is 0 Å². The third-order valence-corrected chi connectivity index (χ3v) is 11.2. The second-order valence-electron chi connectivity index (χ2n) is 6.65. The predicted molar refractivity (Wildman–Crippen MR) is 122 cm³/mol. The molecule has 0 bridgehead atoms. The lowest BCUT2D eigenvalue weighted by Crippen LogP contribution is -2.70. The quantitative estimate of drug-likeness (QED) is 0.278. The maximum atomic E-state index is 6.22. The van der Waals surface area contributed by atoms with E-state index in [1.807, 2.05) is 41.5 Å². The van der Waals surface area contributed by atoms with Crippen molar-refractivity contribution in [2.24, 2.45) is 0 Å². The lowest BCUT2D eigenvalue weighted by Gasteiger charge is -2.41. The Hall–Kier alpha value is 0.154. The molecule has 0 aromatic carbocycles. The van der Waals surface area contributed by atoms with Gasteiger partial charge in [-0.3, -0.25) is 0 Å². The van der Waals surface area contributed by atoms with Crippen LogP contribution in [-0.4, -0.2) is 68.6 Å². The molecule has 7 nitrogen and oxygen atoms in total. The van der Waals surface area contributed by atoms with Crippen LogP contribution in [0.3, 0.4) is 0 Å². The molecule has 0 heterocycles. The molecule has 0 aliphatic carbocycles. The molecule has 0 amide bonds. The Kier molecular flexibility index (Phi) is 16.9. The monoisotopic (exact) mass is 453 g/mol. The Morgan fingerprint density at radius 3 is 0.897 bits per heavy atom. The highest BCUT2D eigenvalue weighted by Crippen LogP contribution is 2.25. The summed E-state index contributed by atoms with van der Waals surface area (Å²) in [5.41, 5.74) is -0.0886. The maximum absolute atomic E-state index is 6.22. The van der Waals surface area contributed by atoms with Crippen molar-refractivity contribution in [2.45, 2.75) is 92.4 Å². The van der Waals surface area contributed by atoms with E-state index in [0.29, 0.717) is 39.6 Å². The molecule has 0 aliphatic heterocycles. The first-order valence-electron chi connectivity index (χ1n) is 11.6. The Bertz CT molecular complexity index is 324. The van der Waals surface area contributed by atoms with Crippen LogP contribution in [0.15, 0.2) is 0 Å². The summed E-state index contributed by atoms with van der Waals surface area (Å²) in [6, 6.07) is 0. The highest BCUT2D eigenvalue weighted by Gasteiger charge is 2.55. The molecule has 0 saturated carbocycles. The maximum Gasteiger partial charge on any atom is 0.518 e. The summed E-state index contributed by atoms with van der Waals surface area (Å²) in [7, 11) is -5.88. The first-order valence-corrected chi connectivity index (χ1v) is 15.2. The Labute approximate surface area is 181 Å². The number of nitrogens with one attached hydrogen (secondary N) is 1. The largest absolute Gasteiger partial charge is 0.518 e. The smallest absolute Gasteiger partial charge is 0.373 e. The van der Waals surface area contributed by atoms with E-state index in [1.54, 1.807) is 0 Å². The third-order valence-electron chi connectivity index (χ3n) is 4.48. The van der Waals surface area contributed by atoms with E-state index < -0.39 is 17.6 Å². The van der Waals surface area contributed by atoms with Gasteiger partial charge >= 0.3 is 17.6 Å². The Balaban J connectivity index is 6.07. The fourth-order valence-electron chi connectivity index (χ4n) is 3.61. The predicted octanol–water partition coefficient (Wildman–Crippen LogP) is 4.09. The molecule has 0 saturated heterocycles. The standard InChI is InChI=1S/C20H47NO6Si2/c1-9-17-19(28(22-11-3,23-12-4)24-13-5)21-20(18-10-2)29(25-14-6,26-15-7)27-16-8/h19-21H,9-18H2,1-8H3. The van der Waals surface area contributed by atoms with E-state index in [4.69, 9.17) is 26.6 Å². The van der Waals surface area contributed by atoms with Crippen molar-refractivity contribution < 1.29 is 26.6 Å². The molecule has 1 N–H and O–H groups in total. The average molecular weight is 454 g/mol.